The molecule has 0 aliphatic heterocycles. The Morgan fingerprint density at radius 2 is 2.14 bits per heavy atom. The maximum absolute atomic E-state index is 5.27. The van der Waals surface area contributed by atoms with Gasteiger partial charge in [0.05, 0.1) is 0 Å². The van der Waals surface area contributed by atoms with Crippen LogP contribution in [0.15, 0.2) is 18.3 Å². The summed E-state index contributed by atoms with van der Waals surface area (Å²) in [7, 11) is 0. The quantitative estimate of drug-likeness (QED) is 0.608. The molecule has 1 fully saturated rings. The monoisotopic (exact) mass is 323 g/mol. The Labute approximate surface area is 137 Å². The maximum atomic E-state index is 5.27. The van der Waals surface area contributed by atoms with Crippen LogP contribution < -0.4 is 10.6 Å². The summed E-state index contributed by atoms with van der Waals surface area (Å²) in [6.07, 6.45) is 10.1. The van der Waals surface area contributed by atoms with Crippen LogP contribution in [0.25, 0.3) is 0 Å². The van der Waals surface area contributed by atoms with Crippen molar-refractivity contribution in [2.75, 3.05) is 17.6 Å². The predicted molar refractivity (Wildman–Crippen MR) is 97.1 cm³/mol. The molecule has 0 saturated heterocycles. The summed E-state index contributed by atoms with van der Waals surface area (Å²) in [6.45, 7) is 2.95. The minimum atomic E-state index is 0.661. The number of nitrogens with zero attached hydrogens (tertiary/aromatic N) is 1. The minimum Gasteiger partial charge on any atom is -0.362 e. The van der Waals surface area contributed by atoms with E-state index in [-0.39, 0.29) is 0 Å². The van der Waals surface area contributed by atoms with Crippen LogP contribution in [0.2, 0.25) is 0 Å². The molecule has 0 unspecified atom stereocenters. The van der Waals surface area contributed by atoms with Gasteiger partial charge in [-0.3, -0.25) is 0 Å². The highest BCUT2D eigenvalue weighted by Gasteiger charge is 2.12. The molecule has 0 bridgehead atoms. The SMILES string of the molecule is Cc1ccc(NC(=S)NCCCSC2CCCCC2)nc1. The molecule has 1 aliphatic rings. The summed E-state index contributed by atoms with van der Waals surface area (Å²) in [5.41, 5.74) is 1.15. The number of anilines is 1. The standard InChI is InChI=1S/C16H25N3S2/c1-13-8-9-15(18-12-13)19-16(20)17-10-5-11-21-14-6-3-2-4-7-14/h8-9,12,14H,2-7,10-11H2,1H3,(H2,17,18,19,20). The van der Waals surface area contributed by atoms with Gasteiger partial charge >= 0.3 is 0 Å². The van der Waals surface area contributed by atoms with E-state index in [2.05, 4.69) is 27.4 Å². The Kier molecular flexibility index (Phi) is 7.30. The molecule has 0 radical (unpaired) electrons. The van der Waals surface area contributed by atoms with E-state index >= 15 is 0 Å². The molecule has 0 aromatic carbocycles. The molecule has 21 heavy (non-hydrogen) atoms. The van der Waals surface area contributed by atoms with Crippen LogP contribution in [-0.4, -0.2) is 27.6 Å². The summed E-state index contributed by atoms with van der Waals surface area (Å²) >= 11 is 7.41. The van der Waals surface area contributed by atoms with Crippen molar-refractivity contribution in [2.24, 2.45) is 0 Å². The van der Waals surface area contributed by atoms with Gasteiger partial charge in [0.2, 0.25) is 0 Å². The molecular formula is C16H25N3S2. The topological polar surface area (TPSA) is 37.0 Å². The highest BCUT2D eigenvalue weighted by atomic mass is 32.2. The zero-order valence-electron chi connectivity index (χ0n) is 12.7. The zero-order chi connectivity index (χ0) is 14.9. The van der Waals surface area contributed by atoms with Crippen LogP contribution in [0.4, 0.5) is 5.82 Å². The highest BCUT2D eigenvalue weighted by Crippen LogP contribution is 2.28. The molecular weight excluding hydrogens is 298 g/mol. The third-order valence-corrected chi connectivity index (χ3v) is 5.38. The van der Waals surface area contributed by atoms with Gasteiger partial charge in [0.15, 0.2) is 5.11 Å². The van der Waals surface area contributed by atoms with Crippen molar-refractivity contribution in [2.45, 2.75) is 50.7 Å². The van der Waals surface area contributed by atoms with Crippen LogP contribution >= 0.6 is 24.0 Å². The van der Waals surface area contributed by atoms with Crippen LogP contribution in [0.5, 0.6) is 0 Å². The average Bonchev–Trinajstić information content (AvgIpc) is 2.50. The predicted octanol–water partition coefficient (Wildman–Crippen LogP) is 4.13. The number of aryl methyl sites for hydroxylation is 1. The molecule has 1 aromatic rings. The van der Waals surface area contributed by atoms with E-state index in [1.165, 1.54) is 37.9 Å². The van der Waals surface area contributed by atoms with Crippen LogP contribution in [0.3, 0.4) is 0 Å². The highest BCUT2D eigenvalue weighted by molar-refractivity contribution is 7.99. The second kappa shape index (κ2) is 9.26. The summed E-state index contributed by atoms with van der Waals surface area (Å²) < 4.78 is 0. The Balaban J connectivity index is 1.53. The van der Waals surface area contributed by atoms with Gasteiger partial charge in [0.1, 0.15) is 5.82 Å². The van der Waals surface area contributed by atoms with E-state index in [1.54, 1.807) is 0 Å². The first-order valence-electron chi connectivity index (χ1n) is 7.83. The first kappa shape index (κ1) is 16.6. The number of thioether (sulfide) groups is 1. The summed E-state index contributed by atoms with van der Waals surface area (Å²) in [5, 5.41) is 7.93. The molecule has 5 heteroatoms. The maximum Gasteiger partial charge on any atom is 0.171 e. The lowest BCUT2D eigenvalue weighted by Gasteiger charge is -2.20. The lowest BCUT2D eigenvalue weighted by molar-refractivity contribution is 0.516. The molecule has 1 aromatic heterocycles. The Hall–Kier alpha value is -0.810. The van der Waals surface area contributed by atoms with Crippen molar-refractivity contribution < 1.29 is 0 Å². The second-order valence-corrected chi connectivity index (χ2v) is 7.40. The Morgan fingerprint density at radius 1 is 1.33 bits per heavy atom. The third-order valence-electron chi connectivity index (χ3n) is 3.67. The second-order valence-electron chi connectivity index (χ2n) is 5.59. The number of hydrogen-bond donors (Lipinski definition) is 2. The largest absolute Gasteiger partial charge is 0.362 e. The van der Waals surface area contributed by atoms with Gasteiger partial charge in [-0.2, -0.15) is 11.8 Å². The summed E-state index contributed by atoms with van der Waals surface area (Å²) in [6, 6.07) is 3.97. The van der Waals surface area contributed by atoms with Crippen LogP contribution in [0.1, 0.15) is 44.1 Å². The van der Waals surface area contributed by atoms with E-state index in [9.17, 15) is 0 Å². The number of hydrogen-bond acceptors (Lipinski definition) is 3. The Morgan fingerprint density at radius 3 is 2.86 bits per heavy atom. The van der Waals surface area contributed by atoms with E-state index in [0.717, 1.165) is 29.6 Å². The first-order chi connectivity index (χ1) is 10.2. The van der Waals surface area contributed by atoms with Crippen molar-refractivity contribution in [3.05, 3.63) is 23.9 Å². The molecule has 0 atom stereocenters. The van der Waals surface area contributed by atoms with Crippen molar-refractivity contribution in [3.63, 3.8) is 0 Å². The van der Waals surface area contributed by atoms with Gasteiger partial charge in [-0.25, -0.2) is 4.98 Å². The number of thiocarbonyl (C=S) groups is 1. The number of aromatic nitrogens is 1. The Bertz CT molecular complexity index is 428. The number of rotatable bonds is 6. The molecule has 1 heterocycles. The van der Waals surface area contributed by atoms with E-state index in [1.807, 2.05) is 25.3 Å². The van der Waals surface area contributed by atoms with Gasteiger partial charge in [0, 0.05) is 18.0 Å². The number of nitrogens with one attached hydrogen (secondary N) is 2. The fraction of sp³-hybridized carbons (Fsp3) is 0.625. The molecule has 0 amide bonds. The van der Waals surface area contributed by atoms with Gasteiger partial charge in [-0.05, 0) is 55.8 Å². The summed E-state index contributed by atoms with van der Waals surface area (Å²) in [4.78, 5) is 4.28. The van der Waals surface area contributed by atoms with Gasteiger partial charge in [-0.1, -0.05) is 25.3 Å². The van der Waals surface area contributed by atoms with Crippen LogP contribution in [-0.2, 0) is 0 Å². The van der Waals surface area contributed by atoms with Crippen molar-refractivity contribution >= 4 is 34.9 Å². The van der Waals surface area contributed by atoms with Gasteiger partial charge in [-0.15, -0.1) is 0 Å². The lowest BCUT2D eigenvalue weighted by Crippen LogP contribution is -2.29. The normalized spacial score (nSPS) is 15.7. The van der Waals surface area contributed by atoms with Crippen molar-refractivity contribution in [1.82, 2.24) is 10.3 Å². The fourth-order valence-electron chi connectivity index (χ4n) is 2.46. The zero-order valence-corrected chi connectivity index (χ0v) is 14.4. The molecule has 2 N–H and O–H groups in total. The van der Waals surface area contributed by atoms with Crippen molar-refractivity contribution in [1.29, 1.82) is 0 Å². The smallest absolute Gasteiger partial charge is 0.171 e. The van der Waals surface area contributed by atoms with Gasteiger partial charge in [0.25, 0.3) is 0 Å². The van der Waals surface area contributed by atoms with Crippen LogP contribution in [0, 0.1) is 6.92 Å². The first-order valence-corrected chi connectivity index (χ1v) is 9.29. The van der Waals surface area contributed by atoms with Crippen molar-refractivity contribution in [3.8, 4) is 0 Å². The molecule has 2 rings (SSSR count). The minimum absolute atomic E-state index is 0.661. The van der Waals surface area contributed by atoms with Gasteiger partial charge < -0.3 is 10.6 Å². The molecule has 3 nitrogen and oxygen atoms in total. The lowest BCUT2D eigenvalue weighted by atomic mass is 10.0. The molecule has 1 aliphatic carbocycles. The molecule has 1 saturated carbocycles. The van der Waals surface area contributed by atoms with E-state index in [4.69, 9.17) is 12.2 Å². The molecule has 0 spiro atoms. The van der Waals surface area contributed by atoms with E-state index < -0.39 is 0 Å². The number of pyridine rings is 1. The summed E-state index contributed by atoms with van der Waals surface area (Å²) in [5.74, 6) is 2.03. The molecule has 116 valence electrons. The fourth-order valence-corrected chi connectivity index (χ4v) is 3.98. The van der Waals surface area contributed by atoms with E-state index in [0.29, 0.717) is 5.11 Å². The third kappa shape index (κ3) is 6.66. The average molecular weight is 324 g/mol.